The van der Waals surface area contributed by atoms with Gasteiger partial charge in [0.1, 0.15) is 5.82 Å². The standard InChI is InChI=1S/C18H26N4/c1-21(13-9-16-6-3-2-4-7-16)17-8-5-12-22(14-17)15-18-19-10-11-20-18/h2-4,6-7,10-11,17H,5,8-9,12-15H2,1H3,(H,19,20). The molecule has 1 atom stereocenters. The minimum atomic E-state index is 0.660. The van der Waals surface area contributed by atoms with E-state index < -0.39 is 0 Å². The van der Waals surface area contributed by atoms with Gasteiger partial charge < -0.3 is 9.88 Å². The second kappa shape index (κ2) is 7.56. The van der Waals surface area contributed by atoms with Crippen molar-refractivity contribution in [3.63, 3.8) is 0 Å². The first-order valence-electron chi connectivity index (χ1n) is 8.26. The zero-order chi connectivity index (χ0) is 15.2. The lowest BCUT2D eigenvalue weighted by molar-refractivity contribution is 0.110. The van der Waals surface area contributed by atoms with Crippen LogP contribution in [0.5, 0.6) is 0 Å². The van der Waals surface area contributed by atoms with E-state index in [0.717, 1.165) is 31.9 Å². The van der Waals surface area contributed by atoms with Gasteiger partial charge in [0.05, 0.1) is 6.54 Å². The average molecular weight is 298 g/mol. The van der Waals surface area contributed by atoms with Gasteiger partial charge in [0.2, 0.25) is 0 Å². The zero-order valence-electron chi connectivity index (χ0n) is 13.4. The van der Waals surface area contributed by atoms with E-state index in [4.69, 9.17) is 0 Å². The maximum Gasteiger partial charge on any atom is 0.120 e. The summed E-state index contributed by atoms with van der Waals surface area (Å²) in [5.41, 5.74) is 1.43. The van der Waals surface area contributed by atoms with Crippen molar-refractivity contribution in [2.24, 2.45) is 0 Å². The SMILES string of the molecule is CN(CCc1ccccc1)C1CCCN(Cc2ncc[nH]2)C1. The van der Waals surface area contributed by atoms with Crippen molar-refractivity contribution in [3.05, 3.63) is 54.1 Å². The van der Waals surface area contributed by atoms with Gasteiger partial charge in [-0.3, -0.25) is 4.90 Å². The Kier molecular flexibility index (Phi) is 5.24. The molecule has 1 aromatic heterocycles. The molecule has 2 heterocycles. The van der Waals surface area contributed by atoms with Crippen molar-refractivity contribution < 1.29 is 0 Å². The van der Waals surface area contributed by atoms with E-state index in [1.807, 2.05) is 12.4 Å². The number of aromatic amines is 1. The van der Waals surface area contributed by atoms with E-state index >= 15 is 0 Å². The highest BCUT2D eigenvalue weighted by Gasteiger charge is 2.23. The normalized spacial score (nSPS) is 19.6. The molecule has 0 spiro atoms. The maximum absolute atomic E-state index is 4.35. The number of hydrogen-bond acceptors (Lipinski definition) is 3. The Hall–Kier alpha value is -1.65. The molecule has 1 N–H and O–H groups in total. The van der Waals surface area contributed by atoms with Gasteiger partial charge in [-0.25, -0.2) is 4.98 Å². The summed E-state index contributed by atoms with van der Waals surface area (Å²) >= 11 is 0. The van der Waals surface area contributed by atoms with Crippen molar-refractivity contribution in [1.29, 1.82) is 0 Å². The molecule has 4 heteroatoms. The summed E-state index contributed by atoms with van der Waals surface area (Å²) in [6.45, 7) is 4.40. The molecule has 4 nitrogen and oxygen atoms in total. The molecule has 1 aliphatic rings. The molecule has 1 aliphatic heterocycles. The topological polar surface area (TPSA) is 35.2 Å². The number of piperidine rings is 1. The zero-order valence-corrected chi connectivity index (χ0v) is 13.4. The Balaban J connectivity index is 1.48. The smallest absolute Gasteiger partial charge is 0.120 e. The molecule has 0 aliphatic carbocycles. The number of H-pyrrole nitrogens is 1. The molecule has 2 aromatic rings. The molecule has 1 aromatic carbocycles. The molecule has 1 saturated heterocycles. The first kappa shape index (κ1) is 15.3. The molecule has 1 unspecified atom stereocenters. The Morgan fingerprint density at radius 2 is 2.18 bits per heavy atom. The van der Waals surface area contributed by atoms with Gasteiger partial charge in [0, 0.05) is 31.5 Å². The van der Waals surface area contributed by atoms with Gasteiger partial charge >= 0.3 is 0 Å². The third kappa shape index (κ3) is 4.18. The van der Waals surface area contributed by atoms with Crippen LogP contribution in [-0.4, -0.2) is 52.5 Å². The lowest BCUT2D eigenvalue weighted by atomic mass is 10.0. The molecular weight excluding hydrogens is 272 g/mol. The Labute approximate surface area is 133 Å². The number of nitrogens with zero attached hydrogens (tertiary/aromatic N) is 3. The summed E-state index contributed by atoms with van der Waals surface area (Å²) in [6, 6.07) is 11.4. The molecule has 0 radical (unpaired) electrons. The number of imidazole rings is 1. The van der Waals surface area contributed by atoms with E-state index in [-0.39, 0.29) is 0 Å². The van der Waals surface area contributed by atoms with E-state index in [1.165, 1.54) is 24.9 Å². The van der Waals surface area contributed by atoms with Crippen molar-refractivity contribution >= 4 is 0 Å². The number of likely N-dealkylation sites (N-methyl/N-ethyl adjacent to an activating group) is 1. The maximum atomic E-state index is 4.35. The molecule has 0 saturated carbocycles. The minimum Gasteiger partial charge on any atom is -0.348 e. The lowest BCUT2D eigenvalue weighted by Gasteiger charge is -2.37. The predicted molar refractivity (Wildman–Crippen MR) is 89.7 cm³/mol. The van der Waals surface area contributed by atoms with Crippen LogP contribution in [0.15, 0.2) is 42.7 Å². The van der Waals surface area contributed by atoms with Crippen LogP contribution in [0.2, 0.25) is 0 Å². The van der Waals surface area contributed by atoms with Crippen LogP contribution in [0, 0.1) is 0 Å². The van der Waals surface area contributed by atoms with Crippen molar-refractivity contribution in [3.8, 4) is 0 Å². The van der Waals surface area contributed by atoms with Gasteiger partial charge in [-0.05, 0) is 38.4 Å². The highest BCUT2D eigenvalue weighted by molar-refractivity contribution is 5.14. The summed E-state index contributed by atoms with van der Waals surface area (Å²) in [6.07, 6.45) is 7.46. The minimum absolute atomic E-state index is 0.660. The average Bonchev–Trinajstić information content (AvgIpc) is 3.07. The largest absolute Gasteiger partial charge is 0.348 e. The van der Waals surface area contributed by atoms with Crippen LogP contribution in [-0.2, 0) is 13.0 Å². The molecule has 1 fully saturated rings. The fourth-order valence-electron chi connectivity index (χ4n) is 3.26. The Morgan fingerprint density at radius 1 is 1.32 bits per heavy atom. The van der Waals surface area contributed by atoms with Crippen LogP contribution >= 0.6 is 0 Å². The number of aromatic nitrogens is 2. The fraction of sp³-hybridized carbons (Fsp3) is 0.500. The first-order chi connectivity index (χ1) is 10.8. The second-order valence-electron chi connectivity index (χ2n) is 6.28. The number of rotatable bonds is 6. The fourth-order valence-corrected chi connectivity index (χ4v) is 3.26. The number of benzene rings is 1. The summed E-state index contributed by atoms with van der Waals surface area (Å²) in [5, 5.41) is 0. The molecule has 3 rings (SSSR count). The van der Waals surface area contributed by atoms with Crippen LogP contribution in [0.1, 0.15) is 24.2 Å². The van der Waals surface area contributed by atoms with Crippen LogP contribution in [0.3, 0.4) is 0 Å². The Bertz CT molecular complexity index is 537. The molecule has 0 amide bonds. The Morgan fingerprint density at radius 3 is 2.95 bits per heavy atom. The predicted octanol–water partition coefficient (Wildman–Crippen LogP) is 2.55. The van der Waals surface area contributed by atoms with E-state index in [0.29, 0.717) is 6.04 Å². The van der Waals surface area contributed by atoms with Crippen molar-refractivity contribution in [2.45, 2.75) is 31.8 Å². The third-order valence-electron chi connectivity index (χ3n) is 4.63. The summed E-state index contributed by atoms with van der Waals surface area (Å²) in [7, 11) is 2.27. The van der Waals surface area contributed by atoms with Gasteiger partial charge in [-0.1, -0.05) is 30.3 Å². The van der Waals surface area contributed by atoms with Gasteiger partial charge in [0.25, 0.3) is 0 Å². The number of likely N-dealkylation sites (tertiary alicyclic amines) is 1. The van der Waals surface area contributed by atoms with Gasteiger partial charge in [-0.2, -0.15) is 0 Å². The monoisotopic (exact) mass is 298 g/mol. The lowest BCUT2D eigenvalue weighted by Crippen LogP contribution is -2.46. The number of nitrogens with one attached hydrogen (secondary N) is 1. The van der Waals surface area contributed by atoms with E-state index in [2.05, 4.69) is 57.1 Å². The molecule has 0 bridgehead atoms. The van der Waals surface area contributed by atoms with Crippen LogP contribution in [0.25, 0.3) is 0 Å². The molecular formula is C18H26N4. The second-order valence-corrected chi connectivity index (χ2v) is 6.28. The van der Waals surface area contributed by atoms with E-state index in [1.54, 1.807) is 0 Å². The van der Waals surface area contributed by atoms with Crippen LogP contribution in [0.4, 0.5) is 0 Å². The third-order valence-corrected chi connectivity index (χ3v) is 4.63. The number of hydrogen-bond donors (Lipinski definition) is 1. The van der Waals surface area contributed by atoms with E-state index in [9.17, 15) is 0 Å². The highest BCUT2D eigenvalue weighted by atomic mass is 15.2. The van der Waals surface area contributed by atoms with Gasteiger partial charge in [-0.15, -0.1) is 0 Å². The van der Waals surface area contributed by atoms with Crippen LogP contribution < -0.4 is 0 Å². The summed E-state index contributed by atoms with van der Waals surface area (Å²) in [5.74, 6) is 1.08. The quantitative estimate of drug-likeness (QED) is 0.890. The summed E-state index contributed by atoms with van der Waals surface area (Å²) in [4.78, 5) is 12.6. The van der Waals surface area contributed by atoms with Crippen molar-refractivity contribution in [1.82, 2.24) is 19.8 Å². The molecule has 22 heavy (non-hydrogen) atoms. The first-order valence-corrected chi connectivity index (χ1v) is 8.26. The summed E-state index contributed by atoms with van der Waals surface area (Å²) < 4.78 is 0. The van der Waals surface area contributed by atoms with Crippen molar-refractivity contribution in [2.75, 3.05) is 26.7 Å². The highest BCUT2D eigenvalue weighted by Crippen LogP contribution is 2.16. The molecule has 118 valence electrons. The van der Waals surface area contributed by atoms with Gasteiger partial charge in [0.15, 0.2) is 0 Å².